The molecular weight excluding hydrogens is 300 g/mol. The van der Waals surface area contributed by atoms with Crippen molar-refractivity contribution in [3.8, 4) is 5.75 Å². The van der Waals surface area contributed by atoms with E-state index in [0.29, 0.717) is 0 Å². The number of nitrogens with one attached hydrogen (secondary N) is 1. The van der Waals surface area contributed by atoms with Gasteiger partial charge < -0.3 is 10.1 Å². The zero-order valence-corrected chi connectivity index (χ0v) is 13.3. The molecule has 2 amide bonds. The van der Waals surface area contributed by atoms with E-state index in [4.69, 9.17) is 4.74 Å². The number of ether oxygens (including phenoxy) is 1. The van der Waals surface area contributed by atoms with Crippen molar-refractivity contribution in [3.63, 3.8) is 0 Å². The van der Waals surface area contributed by atoms with Crippen LogP contribution in [0.5, 0.6) is 5.75 Å². The highest BCUT2D eigenvalue weighted by atomic mass is 16.5. The molecule has 0 fully saturated rings. The second kappa shape index (κ2) is 7.33. The molecule has 0 heterocycles. The summed E-state index contributed by atoms with van der Waals surface area (Å²) in [4.78, 5) is 14.5. The van der Waals surface area contributed by atoms with Gasteiger partial charge in [-0.25, -0.2) is 4.79 Å². The molecule has 4 nitrogen and oxygen atoms in total. The van der Waals surface area contributed by atoms with E-state index in [1.807, 2.05) is 84.9 Å². The smallest absolute Gasteiger partial charge is 0.330 e. The van der Waals surface area contributed by atoms with Crippen molar-refractivity contribution in [3.05, 3.63) is 84.9 Å². The Morgan fingerprint density at radius 3 is 1.92 bits per heavy atom. The maximum atomic E-state index is 12.9. The first-order chi connectivity index (χ1) is 11.8. The van der Waals surface area contributed by atoms with Crippen molar-refractivity contribution < 1.29 is 9.53 Å². The summed E-state index contributed by atoms with van der Waals surface area (Å²) in [6, 6.07) is 26.1. The van der Waals surface area contributed by atoms with Crippen LogP contribution < -0.4 is 15.0 Å². The molecule has 4 heteroatoms. The Morgan fingerprint density at radius 2 is 1.33 bits per heavy atom. The highest BCUT2D eigenvalue weighted by molar-refractivity contribution is 6.07. The number of benzene rings is 3. The standard InChI is InChI=1S/C20H18N2O2/c1-24-19-14-12-18(13-15-19)22(17-10-6-3-7-11-17)20(23)21-16-8-4-2-5-9-16/h2-15H,1H3,(H,21,23). The fraction of sp³-hybridized carbons (Fsp3) is 0.0500. The molecule has 0 bridgehead atoms. The van der Waals surface area contributed by atoms with Crippen LogP contribution in [0, 0.1) is 0 Å². The van der Waals surface area contributed by atoms with Crippen LogP contribution >= 0.6 is 0 Å². The third-order valence-corrected chi connectivity index (χ3v) is 3.57. The molecular formula is C20H18N2O2. The van der Waals surface area contributed by atoms with Gasteiger partial charge in [-0.05, 0) is 48.5 Å². The number of anilines is 3. The Kier molecular flexibility index (Phi) is 4.77. The molecule has 3 aromatic rings. The van der Waals surface area contributed by atoms with Gasteiger partial charge in [0.25, 0.3) is 0 Å². The van der Waals surface area contributed by atoms with Gasteiger partial charge in [0.15, 0.2) is 0 Å². The predicted molar refractivity (Wildman–Crippen MR) is 97.0 cm³/mol. The van der Waals surface area contributed by atoms with E-state index in [0.717, 1.165) is 22.8 Å². The minimum absolute atomic E-state index is 0.224. The number of methoxy groups -OCH3 is 1. The third kappa shape index (κ3) is 3.55. The molecule has 0 atom stereocenters. The Morgan fingerprint density at radius 1 is 0.792 bits per heavy atom. The minimum atomic E-state index is -0.224. The first-order valence-corrected chi connectivity index (χ1v) is 7.63. The number of hydrogen-bond donors (Lipinski definition) is 1. The van der Waals surface area contributed by atoms with Gasteiger partial charge in [0.1, 0.15) is 5.75 Å². The van der Waals surface area contributed by atoms with Crippen molar-refractivity contribution in [2.75, 3.05) is 17.3 Å². The van der Waals surface area contributed by atoms with Crippen LogP contribution in [0.1, 0.15) is 0 Å². The molecule has 0 unspecified atom stereocenters. The number of nitrogens with zero attached hydrogens (tertiary/aromatic N) is 1. The molecule has 0 spiro atoms. The summed E-state index contributed by atoms with van der Waals surface area (Å²) >= 11 is 0. The first-order valence-electron chi connectivity index (χ1n) is 7.63. The molecule has 0 aliphatic heterocycles. The first kappa shape index (κ1) is 15.6. The van der Waals surface area contributed by atoms with E-state index in [9.17, 15) is 4.79 Å². The van der Waals surface area contributed by atoms with Gasteiger partial charge in [0, 0.05) is 5.69 Å². The average Bonchev–Trinajstić information content (AvgIpc) is 2.64. The molecule has 1 N–H and O–H groups in total. The maximum absolute atomic E-state index is 12.9. The SMILES string of the molecule is COc1ccc(N(C(=O)Nc2ccccc2)c2ccccc2)cc1. The quantitative estimate of drug-likeness (QED) is 0.730. The van der Waals surface area contributed by atoms with Gasteiger partial charge in [-0.3, -0.25) is 4.90 Å². The number of hydrogen-bond acceptors (Lipinski definition) is 2. The molecule has 3 rings (SSSR count). The zero-order valence-electron chi connectivity index (χ0n) is 13.3. The summed E-state index contributed by atoms with van der Waals surface area (Å²) in [5.74, 6) is 0.746. The van der Waals surface area contributed by atoms with E-state index >= 15 is 0 Å². The Balaban J connectivity index is 1.94. The van der Waals surface area contributed by atoms with E-state index in [-0.39, 0.29) is 6.03 Å². The van der Waals surface area contributed by atoms with Crippen LogP contribution in [-0.4, -0.2) is 13.1 Å². The van der Waals surface area contributed by atoms with Crippen LogP contribution in [0.4, 0.5) is 21.9 Å². The van der Waals surface area contributed by atoms with Gasteiger partial charge in [0.05, 0.1) is 18.5 Å². The molecule has 0 aliphatic carbocycles. The number of carbonyl (C=O) groups excluding carboxylic acids is 1. The molecule has 0 saturated carbocycles. The molecule has 0 aliphatic rings. The fourth-order valence-corrected chi connectivity index (χ4v) is 2.39. The van der Waals surface area contributed by atoms with Crippen molar-refractivity contribution in [1.82, 2.24) is 0 Å². The van der Waals surface area contributed by atoms with Crippen LogP contribution in [0.3, 0.4) is 0 Å². The average molecular weight is 318 g/mol. The number of para-hydroxylation sites is 2. The van der Waals surface area contributed by atoms with Gasteiger partial charge in [-0.15, -0.1) is 0 Å². The monoisotopic (exact) mass is 318 g/mol. The molecule has 120 valence electrons. The Hall–Kier alpha value is -3.27. The van der Waals surface area contributed by atoms with Crippen molar-refractivity contribution in [2.24, 2.45) is 0 Å². The van der Waals surface area contributed by atoms with E-state index in [2.05, 4.69) is 5.32 Å². The number of rotatable bonds is 4. The third-order valence-electron chi connectivity index (χ3n) is 3.57. The van der Waals surface area contributed by atoms with Crippen LogP contribution in [-0.2, 0) is 0 Å². The van der Waals surface area contributed by atoms with Crippen LogP contribution in [0.2, 0.25) is 0 Å². The molecule has 24 heavy (non-hydrogen) atoms. The van der Waals surface area contributed by atoms with Crippen molar-refractivity contribution in [2.45, 2.75) is 0 Å². The van der Waals surface area contributed by atoms with E-state index in [1.54, 1.807) is 12.0 Å². The lowest BCUT2D eigenvalue weighted by Crippen LogP contribution is -2.30. The summed E-state index contributed by atoms with van der Waals surface area (Å²) in [6.07, 6.45) is 0. The topological polar surface area (TPSA) is 41.6 Å². The largest absolute Gasteiger partial charge is 0.497 e. The summed E-state index contributed by atoms with van der Waals surface area (Å²) in [7, 11) is 1.62. The van der Waals surface area contributed by atoms with Crippen molar-refractivity contribution in [1.29, 1.82) is 0 Å². The van der Waals surface area contributed by atoms with Gasteiger partial charge >= 0.3 is 6.03 Å². The normalized spacial score (nSPS) is 10.0. The lowest BCUT2D eigenvalue weighted by Gasteiger charge is -2.23. The van der Waals surface area contributed by atoms with E-state index in [1.165, 1.54) is 0 Å². The van der Waals surface area contributed by atoms with Crippen molar-refractivity contribution >= 4 is 23.1 Å². The lowest BCUT2D eigenvalue weighted by molar-refractivity contribution is 0.259. The second-order valence-corrected chi connectivity index (χ2v) is 5.17. The number of carbonyl (C=O) groups is 1. The highest BCUT2D eigenvalue weighted by Crippen LogP contribution is 2.28. The Labute approximate surface area is 141 Å². The number of amides is 2. The predicted octanol–water partition coefficient (Wildman–Crippen LogP) is 5.07. The van der Waals surface area contributed by atoms with Crippen LogP contribution in [0.25, 0.3) is 0 Å². The molecule has 0 aromatic heterocycles. The van der Waals surface area contributed by atoms with Gasteiger partial charge in [0.2, 0.25) is 0 Å². The Bertz CT molecular complexity index is 787. The van der Waals surface area contributed by atoms with Crippen LogP contribution in [0.15, 0.2) is 84.9 Å². The maximum Gasteiger partial charge on any atom is 0.330 e. The molecule has 0 radical (unpaired) electrons. The highest BCUT2D eigenvalue weighted by Gasteiger charge is 2.18. The lowest BCUT2D eigenvalue weighted by atomic mass is 10.2. The van der Waals surface area contributed by atoms with Gasteiger partial charge in [-0.2, -0.15) is 0 Å². The summed E-state index contributed by atoms with van der Waals surface area (Å²) in [6.45, 7) is 0. The molecule has 3 aromatic carbocycles. The molecule has 0 saturated heterocycles. The van der Waals surface area contributed by atoms with Gasteiger partial charge in [-0.1, -0.05) is 36.4 Å². The minimum Gasteiger partial charge on any atom is -0.497 e. The summed E-state index contributed by atoms with van der Waals surface area (Å²) < 4.78 is 5.19. The summed E-state index contributed by atoms with van der Waals surface area (Å²) in [5.41, 5.74) is 2.29. The number of urea groups is 1. The van der Waals surface area contributed by atoms with E-state index < -0.39 is 0 Å². The fourth-order valence-electron chi connectivity index (χ4n) is 2.39. The summed E-state index contributed by atoms with van der Waals surface area (Å²) in [5, 5.41) is 2.92. The zero-order chi connectivity index (χ0) is 16.8. The second-order valence-electron chi connectivity index (χ2n) is 5.17.